The van der Waals surface area contributed by atoms with Crippen LogP contribution in [0.2, 0.25) is 0 Å². The van der Waals surface area contributed by atoms with Crippen LogP contribution in [0.4, 0.5) is 0 Å². The Morgan fingerprint density at radius 2 is 2.15 bits per heavy atom. The lowest BCUT2D eigenvalue weighted by molar-refractivity contribution is 0.0357. The first-order chi connectivity index (χ1) is 6.13. The molecule has 1 fully saturated rings. The van der Waals surface area contributed by atoms with Gasteiger partial charge in [-0.3, -0.25) is 0 Å². The van der Waals surface area contributed by atoms with Crippen LogP contribution in [0.1, 0.15) is 46.5 Å². The molecule has 0 aromatic heterocycles. The molecular formula is C11H23NO. The van der Waals surface area contributed by atoms with E-state index in [9.17, 15) is 0 Å². The minimum absolute atomic E-state index is 0.250. The Balaban J connectivity index is 2.27. The lowest BCUT2D eigenvalue weighted by Crippen LogP contribution is -2.36. The molecule has 0 amide bonds. The van der Waals surface area contributed by atoms with Crippen molar-refractivity contribution in [2.75, 3.05) is 0 Å². The summed E-state index contributed by atoms with van der Waals surface area (Å²) < 4.78 is 5.74. The van der Waals surface area contributed by atoms with Crippen LogP contribution in [0.25, 0.3) is 0 Å². The molecule has 78 valence electrons. The minimum atomic E-state index is 0.250. The molecule has 0 radical (unpaired) electrons. The second-order valence-electron chi connectivity index (χ2n) is 4.48. The highest BCUT2D eigenvalue weighted by molar-refractivity contribution is 4.81. The number of rotatable bonds is 4. The maximum atomic E-state index is 6.09. The lowest BCUT2D eigenvalue weighted by Gasteiger charge is -2.22. The van der Waals surface area contributed by atoms with Crippen molar-refractivity contribution >= 4 is 0 Å². The summed E-state index contributed by atoms with van der Waals surface area (Å²) in [4.78, 5) is 0. The summed E-state index contributed by atoms with van der Waals surface area (Å²) in [6, 6.07) is 0.250. The van der Waals surface area contributed by atoms with Gasteiger partial charge in [-0.05, 0) is 32.1 Å². The van der Waals surface area contributed by atoms with Crippen LogP contribution in [0.3, 0.4) is 0 Å². The van der Waals surface area contributed by atoms with Crippen molar-refractivity contribution in [1.29, 1.82) is 0 Å². The molecule has 0 aromatic rings. The van der Waals surface area contributed by atoms with Crippen molar-refractivity contribution in [1.82, 2.24) is 0 Å². The van der Waals surface area contributed by atoms with E-state index >= 15 is 0 Å². The molecule has 1 aliphatic heterocycles. The molecule has 1 saturated heterocycles. The highest BCUT2D eigenvalue weighted by Crippen LogP contribution is 2.24. The normalized spacial score (nSPS) is 33.2. The molecule has 2 nitrogen and oxygen atoms in total. The maximum Gasteiger partial charge on any atom is 0.0730 e. The molecule has 4 atom stereocenters. The van der Waals surface area contributed by atoms with Crippen LogP contribution in [-0.2, 0) is 4.74 Å². The topological polar surface area (TPSA) is 35.2 Å². The first kappa shape index (κ1) is 11.0. The van der Waals surface area contributed by atoms with Gasteiger partial charge in [0.2, 0.25) is 0 Å². The molecular weight excluding hydrogens is 162 g/mol. The van der Waals surface area contributed by atoms with E-state index in [-0.39, 0.29) is 6.04 Å². The van der Waals surface area contributed by atoms with E-state index in [0.29, 0.717) is 12.2 Å². The third-order valence-electron chi connectivity index (χ3n) is 3.11. The zero-order chi connectivity index (χ0) is 9.84. The Bertz CT molecular complexity index is 149. The van der Waals surface area contributed by atoms with Gasteiger partial charge < -0.3 is 10.5 Å². The Kier molecular flexibility index (Phi) is 4.20. The monoisotopic (exact) mass is 185 g/mol. The van der Waals surface area contributed by atoms with Crippen molar-refractivity contribution in [3.63, 3.8) is 0 Å². The SMILES string of the molecule is CCC(C)CC(N)C1CCC(C)O1. The lowest BCUT2D eigenvalue weighted by atomic mass is 9.95. The van der Waals surface area contributed by atoms with E-state index in [1.807, 2.05) is 0 Å². The fourth-order valence-electron chi connectivity index (χ4n) is 1.93. The van der Waals surface area contributed by atoms with E-state index < -0.39 is 0 Å². The average molecular weight is 185 g/mol. The Hall–Kier alpha value is -0.0800. The van der Waals surface area contributed by atoms with E-state index in [1.54, 1.807) is 0 Å². The summed E-state index contributed by atoms with van der Waals surface area (Å²) in [5, 5.41) is 0. The first-order valence-electron chi connectivity index (χ1n) is 5.54. The third kappa shape index (κ3) is 3.28. The summed E-state index contributed by atoms with van der Waals surface area (Å²) in [7, 11) is 0. The van der Waals surface area contributed by atoms with E-state index in [1.165, 1.54) is 12.8 Å². The fraction of sp³-hybridized carbons (Fsp3) is 1.00. The van der Waals surface area contributed by atoms with Gasteiger partial charge >= 0.3 is 0 Å². The van der Waals surface area contributed by atoms with Crippen molar-refractivity contribution in [2.45, 2.75) is 64.7 Å². The van der Waals surface area contributed by atoms with Gasteiger partial charge in [-0.25, -0.2) is 0 Å². The second-order valence-corrected chi connectivity index (χ2v) is 4.48. The molecule has 1 rings (SSSR count). The van der Waals surface area contributed by atoms with E-state index in [4.69, 9.17) is 10.5 Å². The first-order valence-corrected chi connectivity index (χ1v) is 5.54. The molecule has 1 aliphatic rings. The average Bonchev–Trinajstić information content (AvgIpc) is 2.51. The van der Waals surface area contributed by atoms with Crippen LogP contribution < -0.4 is 5.73 Å². The van der Waals surface area contributed by atoms with Crippen LogP contribution in [0.15, 0.2) is 0 Å². The van der Waals surface area contributed by atoms with Crippen molar-refractivity contribution in [3.05, 3.63) is 0 Å². The van der Waals surface area contributed by atoms with Gasteiger partial charge in [0.25, 0.3) is 0 Å². The fourth-order valence-corrected chi connectivity index (χ4v) is 1.93. The molecule has 0 aromatic carbocycles. The van der Waals surface area contributed by atoms with Crippen LogP contribution in [-0.4, -0.2) is 18.2 Å². The van der Waals surface area contributed by atoms with Crippen molar-refractivity contribution in [2.24, 2.45) is 11.7 Å². The zero-order valence-corrected chi connectivity index (χ0v) is 9.12. The third-order valence-corrected chi connectivity index (χ3v) is 3.11. The second kappa shape index (κ2) is 4.97. The molecule has 13 heavy (non-hydrogen) atoms. The molecule has 2 heteroatoms. The van der Waals surface area contributed by atoms with E-state index in [2.05, 4.69) is 20.8 Å². The quantitative estimate of drug-likeness (QED) is 0.729. The van der Waals surface area contributed by atoms with Crippen LogP contribution >= 0.6 is 0 Å². The minimum Gasteiger partial charge on any atom is -0.374 e. The molecule has 0 bridgehead atoms. The molecule has 4 unspecified atom stereocenters. The largest absolute Gasteiger partial charge is 0.374 e. The van der Waals surface area contributed by atoms with Gasteiger partial charge in [-0.2, -0.15) is 0 Å². The Labute approximate surface area is 81.8 Å². The number of hydrogen-bond donors (Lipinski definition) is 1. The van der Waals surface area contributed by atoms with Crippen LogP contribution in [0, 0.1) is 5.92 Å². The summed E-state index contributed by atoms with van der Waals surface area (Å²) in [5.41, 5.74) is 6.09. The Morgan fingerprint density at radius 3 is 2.62 bits per heavy atom. The van der Waals surface area contributed by atoms with E-state index in [0.717, 1.165) is 18.8 Å². The number of ether oxygens (including phenoxy) is 1. The van der Waals surface area contributed by atoms with Gasteiger partial charge in [-0.15, -0.1) is 0 Å². The predicted octanol–water partition coefficient (Wildman–Crippen LogP) is 2.32. The summed E-state index contributed by atoms with van der Waals surface area (Å²) >= 11 is 0. The van der Waals surface area contributed by atoms with Crippen LogP contribution in [0.5, 0.6) is 0 Å². The predicted molar refractivity (Wildman–Crippen MR) is 55.6 cm³/mol. The summed E-state index contributed by atoms with van der Waals surface area (Å²) in [6.45, 7) is 6.61. The number of nitrogens with two attached hydrogens (primary N) is 1. The van der Waals surface area contributed by atoms with Gasteiger partial charge in [-0.1, -0.05) is 20.3 Å². The molecule has 1 heterocycles. The van der Waals surface area contributed by atoms with Gasteiger partial charge in [0.05, 0.1) is 12.2 Å². The van der Waals surface area contributed by atoms with Gasteiger partial charge in [0.15, 0.2) is 0 Å². The summed E-state index contributed by atoms with van der Waals surface area (Å²) in [6.07, 6.45) is 5.40. The standard InChI is InChI=1S/C11H23NO/c1-4-8(2)7-10(12)11-6-5-9(3)13-11/h8-11H,4-7,12H2,1-3H3. The zero-order valence-electron chi connectivity index (χ0n) is 9.12. The molecule has 2 N–H and O–H groups in total. The molecule has 0 aliphatic carbocycles. The Morgan fingerprint density at radius 1 is 1.46 bits per heavy atom. The highest BCUT2D eigenvalue weighted by Gasteiger charge is 2.27. The molecule has 0 spiro atoms. The van der Waals surface area contributed by atoms with Gasteiger partial charge in [0, 0.05) is 6.04 Å². The van der Waals surface area contributed by atoms with Crippen molar-refractivity contribution in [3.8, 4) is 0 Å². The summed E-state index contributed by atoms with van der Waals surface area (Å²) in [5.74, 6) is 0.731. The number of hydrogen-bond acceptors (Lipinski definition) is 2. The van der Waals surface area contributed by atoms with Crippen molar-refractivity contribution < 1.29 is 4.74 Å². The van der Waals surface area contributed by atoms with Gasteiger partial charge in [0.1, 0.15) is 0 Å². The molecule has 0 saturated carbocycles. The maximum absolute atomic E-state index is 6.09. The highest BCUT2D eigenvalue weighted by atomic mass is 16.5. The smallest absolute Gasteiger partial charge is 0.0730 e.